The summed E-state index contributed by atoms with van der Waals surface area (Å²) in [6.45, 7) is 1.88. The predicted octanol–water partition coefficient (Wildman–Crippen LogP) is 3.17. The number of hydrogen-bond donors (Lipinski definition) is 1. The Balaban J connectivity index is 2.58. The van der Waals surface area contributed by atoms with E-state index in [-0.39, 0.29) is 11.7 Å². The molecule has 2 nitrogen and oxygen atoms in total. The second kappa shape index (κ2) is 3.62. The van der Waals surface area contributed by atoms with Crippen molar-refractivity contribution >= 4 is 10.8 Å². The summed E-state index contributed by atoms with van der Waals surface area (Å²) in [5.74, 6) is 0.173. The van der Waals surface area contributed by atoms with Crippen LogP contribution in [-0.2, 0) is 0 Å². The van der Waals surface area contributed by atoms with Crippen LogP contribution in [0.3, 0.4) is 0 Å². The molecule has 0 heterocycles. The van der Waals surface area contributed by atoms with Crippen LogP contribution < -0.4 is 0 Å². The summed E-state index contributed by atoms with van der Waals surface area (Å²) in [5.41, 5.74) is 1.01. The summed E-state index contributed by atoms with van der Waals surface area (Å²) in [6.07, 6.45) is 0. The standard InChI is InChI=1S/C13H11NO/c1-9(8-14)10-2-3-12-7-13(15)5-4-11(12)6-10/h2-7,9,15H,1H3. The summed E-state index contributed by atoms with van der Waals surface area (Å²) in [7, 11) is 0. The molecule has 1 unspecified atom stereocenters. The minimum atomic E-state index is -0.0943. The molecule has 0 aromatic heterocycles. The molecule has 2 aromatic carbocycles. The highest BCUT2D eigenvalue weighted by atomic mass is 16.3. The van der Waals surface area contributed by atoms with E-state index in [0.29, 0.717) is 0 Å². The number of nitriles is 1. The van der Waals surface area contributed by atoms with Crippen molar-refractivity contribution in [1.82, 2.24) is 0 Å². The van der Waals surface area contributed by atoms with E-state index in [2.05, 4.69) is 6.07 Å². The molecule has 2 aromatic rings. The van der Waals surface area contributed by atoms with Crippen LogP contribution >= 0.6 is 0 Å². The van der Waals surface area contributed by atoms with Gasteiger partial charge in [-0.05, 0) is 41.5 Å². The molecule has 0 aliphatic carbocycles. The molecule has 0 amide bonds. The van der Waals surface area contributed by atoms with E-state index in [0.717, 1.165) is 16.3 Å². The molecule has 0 saturated heterocycles. The molecule has 15 heavy (non-hydrogen) atoms. The van der Waals surface area contributed by atoms with E-state index in [4.69, 9.17) is 5.26 Å². The Morgan fingerprint density at radius 3 is 2.53 bits per heavy atom. The highest BCUT2D eigenvalue weighted by Gasteiger charge is 2.04. The highest BCUT2D eigenvalue weighted by Crippen LogP contribution is 2.24. The number of nitrogens with zero attached hydrogens (tertiary/aromatic N) is 1. The summed E-state index contributed by atoms with van der Waals surface area (Å²) >= 11 is 0. The maximum atomic E-state index is 9.30. The SMILES string of the molecule is CC(C#N)c1ccc2cc(O)ccc2c1. The van der Waals surface area contributed by atoms with E-state index in [9.17, 15) is 5.11 Å². The normalized spacial score (nSPS) is 12.3. The Morgan fingerprint density at radius 2 is 1.80 bits per heavy atom. The molecule has 1 atom stereocenters. The highest BCUT2D eigenvalue weighted by molar-refractivity contribution is 5.84. The van der Waals surface area contributed by atoms with Gasteiger partial charge in [-0.3, -0.25) is 0 Å². The van der Waals surface area contributed by atoms with Crippen LogP contribution in [0.2, 0.25) is 0 Å². The van der Waals surface area contributed by atoms with Crippen molar-refractivity contribution in [1.29, 1.82) is 5.26 Å². The van der Waals surface area contributed by atoms with Gasteiger partial charge in [0.25, 0.3) is 0 Å². The zero-order chi connectivity index (χ0) is 10.8. The quantitative estimate of drug-likeness (QED) is 0.763. The van der Waals surface area contributed by atoms with Crippen molar-refractivity contribution in [3.63, 3.8) is 0 Å². The number of hydrogen-bond acceptors (Lipinski definition) is 2. The van der Waals surface area contributed by atoms with Crippen molar-refractivity contribution < 1.29 is 5.11 Å². The molecule has 2 heteroatoms. The van der Waals surface area contributed by atoms with Crippen LogP contribution in [0.25, 0.3) is 10.8 Å². The third-order valence-corrected chi connectivity index (χ3v) is 2.54. The zero-order valence-electron chi connectivity index (χ0n) is 8.44. The second-order valence-electron chi connectivity index (χ2n) is 3.64. The lowest BCUT2D eigenvalue weighted by molar-refractivity contribution is 0.476. The van der Waals surface area contributed by atoms with Gasteiger partial charge >= 0.3 is 0 Å². The zero-order valence-corrected chi connectivity index (χ0v) is 8.44. The van der Waals surface area contributed by atoms with E-state index < -0.39 is 0 Å². The maximum absolute atomic E-state index is 9.30. The number of aromatic hydroxyl groups is 1. The van der Waals surface area contributed by atoms with Crippen molar-refractivity contribution in [3.05, 3.63) is 42.0 Å². The molecule has 0 fully saturated rings. The topological polar surface area (TPSA) is 44.0 Å². The van der Waals surface area contributed by atoms with Gasteiger partial charge < -0.3 is 5.11 Å². The van der Waals surface area contributed by atoms with Crippen LogP contribution in [0.15, 0.2) is 36.4 Å². The first-order chi connectivity index (χ1) is 7.20. The molecule has 0 bridgehead atoms. The minimum absolute atomic E-state index is 0.0943. The Labute approximate surface area is 88.4 Å². The van der Waals surface area contributed by atoms with Gasteiger partial charge in [0.05, 0.1) is 12.0 Å². The lowest BCUT2D eigenvalue weighted by Crippen LogP contribution is -1.88. The van der Waals surface area contributed by atoms with Gasteiger partial charge in [-0.25, -0.2) is 0 Å². The Bertz CT molecular complexity index is 540. The molecule has 0 aliphatic rings. The van der Waals surface area contributed by atoms with Gasteiger partial charge in [-0.15, -0.1) is 0 Å². The van der Waals surface area contributed by atoms with Crippen molar-refractivity contribution in [2.45, 2.75) is 12.8 Å². The molecule has 0 saturated carbocycles. The fourth-order valence-electron chi connectivity index (χ4n) is 1.60. The largest absolute Gasteiger partial charge is 0.508 e. The van der Waals surface area contributed by atoms with Gasteiger partial charge in [-0.1, -0.05) is 18.2 Å². The predicted molar refractivity (Wildman–Crippen MR) is 59.6 cm³/mol. The van der Waals surface area contributed by atoms with E-state index in [1.165, 1.54) is 0 Å². The Kier molecular flexibility index (Phi) is 2.31. The monoisotopic (exact) mass is 197 g/mol. The summed E-state index contributed by atoms with van der Waals surface area (Å²) in [4.78, 5) is 0. The van der Waals surface area contributed by atoms with Crippen LogP contribution in [0, 0.1) is 11.3 Å². The van der Waals surface area contributed by atoms with E-state index in [1.807, 2.05) is 31.2 Å². The number of phenolic OH excluding ortho intramolecular Hbond substituents is 1. The van der Waals surface area contributed by atoms with Gasteiger partial charge in [0.15, 0.2) is 0 Å². The molecule has 0 spiro atoms. The molecular formula is C13H11NO. The first-order valence-electron chi connectivity index (χ1n) is 4.83. The lowest BCUT2D eigenvalue weighted by Gasteiger charge is -2.05. The van der Waals surface area contributed by atoms with Gasteiger partial charge in [-0.2, -0.15) is 5.26 Å². The molecule has 74 valence electrons. The van der Waals surface area contributed by atoms with Crippen molar-refractivity contribution in [2.24, 2.45) is 0 Å². The fourth-order valence-corrected chi connectivity index (χ4v) is 1.60. The number of phenols is 1. The number of rotatable bonds is 1. The molecule has 1 N–H and O–H groups in total. The van der Waals surface area contributed by atoms with Crippen LogP contribution in [0.5, 0.6) is 5.75 Å². The minimum Gasteiger partial charge on any atom is -0.508 e. The van der Waals surface area contributed by atoms with Crippen LogP contribution in [0.4, 0.5) is 0 Å². The third-order valence-electron chi connectivity index (χ3n) is 2.54. The van der Waals surface area contributed by atoms with E-state index >= 15 is 0 Å². The Hall–Kier alpha value is -2.01. The van der Waals surface area contributed by atoms with Crippen LogP contribution in [-0.4, -0.2) is 5.11 Å². The summed E-state index contributed by atoms with van der Waals surface area (Å²) < 4.78 is 0. The smallest absolute Gasteiger partial charge is 0.116 e. The first-order valence-corrected chi connectivity index (χ1v) is 4.83. The second-order valence-corrected chi connectivity index (χ2v) is 3.64. The number of fused-ring (bicyclic) bond motifs is 1. The van der Waals surface area contributed by atoms with Crippen molar-refractivity contribution in [3.8, 4) is 11.8 Å². The van der Waals surface area contributed by atoms with Crippen molar-refractivity contribution in [2.75, 3.05) is 0 Å². The van der Waals surface area contributed by atoms with E-state index in [1.54, 1.807) is 12.1 Å². The van der Waals surface area contributed by atoms with Gasteiger partial charge in [0.1, 0.15) is 5.75 Å². The van der Waals surface area contributed by atoms with Gasteiger partial charge in [0, 0.05) is 0 Å². The molecule has 0 radical (unpaired) electrons. The Morgan fingerprint density at radius 1 is 1.13 bits per heavy atom. The van der Waals surface area contributed by atoms with Gasteiger partial charge in [0.2, 0.25) is 0 Å². The molecule has 2 rings (SSSR count). The maximum Gasteiger partial charge on any atom is 0.116 e. The molecular weight excluding hydrogens is 186 g/mol. The van der Waals surface area contributed by atoms with Crippen LogP contribution in [0.1, 0.15) is 18.4 Å². The lowest BCUT2D eigenvalue weighted by atomic mass is 9.99. The average Bonchev–Trinajstić information content (AvgIpc) is 2.27. The third kappa shape index (κ3) is 1.77. The average molecular weight is 197 g/mol. The summed E-state index contributed by atoms with van der Waals surface area (Å²) in [6, 6.07) is 13.3. The molecule has 0 aliphatic heterocycles. The fraction of sp³-hybridized carbons (Fsp3) is 0.154. The number of benzene rings is 2. The summed E-state index contributed by atoms with van der Waals surface area (Å²) in [5, 5.41) is 20.2. The first kappa shape index (κ1) is 9.54.